The summed E-state index contributed by atoms with van der Waals surface area (Å²) >= 11 is 0. The first kappa shape index (κ1) is 12.1. The molecule has 0 unspecified atom stereocenters. The molecule has 0 spiro atoms. The van der Waals surface area contributed by atoms with Gasteiger partial charge >= 0.3 is 0 Å². The molecular formula is C12H15N5O. The second kappa shape index (κ2) is 4.87. The Morgan fingerprint density at radius 2 is 2.28 bits per heavy atom. The average Bonchev–Trinajstić information content (AvgIpc) is 2.73. The highest BCUT2D eigenvalue weighted by molar-refractivity contribution is 5.92. The highest BCUT2D eigenvalue weighted by Gasteiger charge is 2.14. The minimum Gasteiger partial charge on any atom is -0.384 e. The lowest BCUT2D eigenvalue weighted by molar-refractivity contribution is 0.0779. The number of anilines is 1. The number of carbonyl (C=O) groups is 1. The van der Waals surface area contributed by atoms with Gasteiger partial charge in [-0.25, -0.2) is 4.98 Å². The van der Waals surface area contributed by atoms with Crippen LogP contribution in [0.3, 0.4) is 0 Å². The number of pyridine rings is 1. The van der Waals surface area contributed by atoms with Gasteiger partial charge in [-0.05, 0) is 12.1 Å². The van der Waals surface area contributed by atoms with Gasteiger partial charge in [0.1, 0.15) is 11.5 Å². The van der Waals surface area contributed by atoms with Crippen molar-refractivity contribution in [3.05, 3.63) is 41.9 Å². The van der Waals surface area contributed by atoms with Gasteiger partial charge in [-0.2, -0.15) is 5.10 Å². The molecule has 0 saturated carbocycles. The standard InChI is InChI=1S/C12H15N5O/c1-16(7-9-6-14-17(2)8-9)12(18)10-4-3-5-11(13)15-10/h3-6,8H,7H2,1-2H3,(H2,13,15). The molecule has 0 aliphatic rings. The molecule has 0 saturated heterocycles. The molecule has 2 rings (SSSR count). The van der Waals surface area contributed by atoms with Crippen LogP contribution in [-0.4, -0.2) is 32.6 Å². The number of rotatable bonds is 3. The van der Waals surface area contributed by atoms with Crippen molar-refractivity contribution in [1.29, 1.82) is 0 Å². The van der Waals surface area contributed by atoms with Gasteiger partial charge in [-0.3, -0.25) is 9.48 Å². The SMILES string of the molecule is CN(Cc1cnn(C)c1)C(=O)c1cccc(N)n1. The summed E-state index contributed by atoms with van der Waals surface area (Å²) in [7, 11) is 3.56. The van der Waals surface area contributed by atoms with E-state index in [-0.39, 0.29) is 5.91 Å². The minimum atomic E-state index is -0.161. The molecule has 0 atom stereocenters. The Morgan fingerprint density at radius 3 is 2.89 bits per heavy atom. The Balaban J connectivity index is 2.09. The molecule has 2 N–H and O–H groups in total. The van der Waals surface area contributed by atoms with E-state index in [2.05, 4.69) is 10.1 Å². The Hall–Kier alpha value is -2.37. The number of nitrogens with zero attached hydrogens (tertiary/aromatic N) is 4. The Bertz CT molecular complexity index is 563. The molecule has 0 fully saturated rings. The lowest BCUT2D eigenvalue weighted by atomic mass is 10.3. The van der Waals surface area contributed by atoms with Gasteiger partial charge in [0, 0.05) is 32.4 Å². The number of aryl methyl sites for hydroxylation is 1. The maximum atomic E-state index is 12.1. The second-order valence-electron chi connectivity index (χ2n) is 4.13. The molecule has 18 heavy (non-hydrogen) atoms. The van der Waals surface area contributed by atoms with Crippen molar-refractivity contribution < 1.29 is 4.79 Å². The van der Waals surface area contributed by atoms with Crippen molar-refractivity contribution in [2.45, 2.75) is 6.54 Å². The van der Waals surface area contributed by atoms with Gasteiger partial charge in [0.15, 0.2) is 0 Å². The van der Waals surface area contributed by atoms with Crippen LogP contribution in [0.1, 0.15) is 16.1 Å². The van der Waals surface area contributed by atoms with Crippen LogP contribution in [0.4, 0.5) is 5.82 Å². The highest BCUT2D eigenvalue weighted by Crippen LogP contribution is 2.07. The van der Waals surface area contributed by atoms with E-state index in [1.165, 1.54) is 0 Å². The van der Waals surface area contributed by atoms with Crippen molar-refractivity contribution in [3.8, 4) is 0 Å². The van der Waals surface area contributed by atoms with E-state index >= 15 is 0 Å². The van der Waals surface area contributed by atoms with Crippen molar-refractivity contribution in [1.82, 2.24) is 19.7 Å². The van der Waals surface area contributed by atoms with Crippen molar-refractivity contribution in [3.63, 3.8) is 0 Å². The van der Waals surface area contributed by atoms with Gasteiger partial charge in [0.2, 0.25) is 0 Å². The molecule has 0 bridgehead atoms. The molecule has 6 heteroatoms. The summed E-state index contributed by atoms with van der Waals surface area (Å²) in [6, 6.07) is 5.02. The predicted molar refractivity (Wildman–Crippen MR) is 67.7 cm³/mol. The third-order valence-electron chi connectivity index (χ3n) is 2.51. The largest absolute Gasteiger partial charge is 0.384 e. The summed E-state index contributed by atoms with van der Waals surface area (Å²) in [5.74, 6) is 0.182. The van der Waals surface area contributed by atoms with E-state index in [0.29, 0.717) is 18.1 Å². The zero-order valence-electron chi connectivity index (χ0n) is 10.4. The van der Waals surface area contributed by atoms with Crippen LogP contribution in [-0.2, 0) is 13.6 Å². The Labute approximate surface area is 105 Å². The average molecular weight is 245 g/mol. The van der Waals surface area contributed by atoms with Crippen LogP contribution < -0.4 is 5.73 Å². The summed E-state index contributed by atoms with van der Waals surface area (Å²) in [5.41, 5.74) is 6.88. The highest BCUT2D eigenvalue weighted by atomic mass is 16.2. The first-order valence-electron chi connectivity index (χ1n) is 5.52. The van der Waals surface area contributed by atoms with E-state index in [0.717, 1.165) is 5.56 Å². The van der Waals surface area contributed by atoms with Crippen molar-refractivity contribution in [2.75, 3.05) is 12.8 Å². The van der Waals surface area contributed by atoms with Crippen LogP contribution in [0.25, 0.3) is 0 Å². The summed E-state index contributed by atoms with van der Waals surface area (Å²) in [4.78, 5) is 17.7. The van der Waals surface area contributed by atoms with Crippen LogP contribution in [0.2, 0.25) is 0 Å². The molecule has 94 valence electrons. The smallest absolute Gasteiger partial charge is 0.272 e. The fourth-order valence-corrected chi connectivity index (χ4v) is 1.67. The number of amides is 1. The molecule has 0 aromatic carbocycles. The van der Waals surface area contributed by atoms with E-state index < -0.39 is 0 Å². The molecule has 6 nitrogen and oxygen atoms in total. The van der Waals surface area contributed by atoms with Crippen LogP contribution >= 0.6 is 0 Å². The maximum absolute atomic E-state index is 12.1. The zero-order chi connectivity index (χ0) is 13.1. The topological polar surface area (TPSA) is 77.0 Å². The zero-order valence-corrected chi connectivity index (χ0v) is 10.4. The van der Waals surface area contributed by atoms with E-state index in [4.69, 9.17) is 5.73 Å². The molecule has 0 aliphatic heterocycles. The van der Waals surface area contributed by atoms with Crippen LogP contribution in [0.15, 0.2) is 30.6 Å². The van der Waals surface area contributed by atoms with Crippen LogP contribution in [0.5, 0.6) is 0 Å². The number of carbonyl (C=O) groups excluding carboxylic acids is 1. The summed E-state index contributed by atoms with van der Waals surface area (Å²) in [5, 5.41) is 4.06. The summed E-state index contributed by atoms with van der Waals surface area (Å²) < 4.78 is 1.70. The Kier molecular flexibility index (Phi) is 3.27. The third-order valence-corrected chi connectivity index (χ3v) is 2.51. The molecule has 0 radical (unpaired) electrons. The normalized spacial score (nSPS) is 10.3. The van der Waals surface area contributed by atoms with Crippen molar-refractivity contribution >= 4 is 11.7 Å². The van der Waals surface area contributed by atoms with Gasteiger partial charge in [0.25, 0.3) is 5.91 Å². The lowest BCUT2D eigenvalue weighted by Gasteiger charge is -2.15. The number of nitrogens with two attached hydrogens (primary N) is 1. The first-order chi connectivity index (χ1) is 8.56. The van der Waals surface area contributed by atoms with Gasteiger partial charge < -0.3 is 10.6 Å². The third kappa shape index (κ3) is 2.65. The molecule has 2 aromatic rings. The second-order valence-corrected chi connectivity index (χ2v) is 4.13. The molecular weight excluding hydrogens is 230 g/mol. The van der Waals surface area contributed by atoms with Gasteiger partial charge in [0.05, 0.1) is 6.20 Å². The predicted octanol–water partition coefficient (Wildman–Crippen LogP) is 0.670. The minimum absolute atomic E-state index is 0.161. The van der Waals surface area contributed by atoms with E-state index in [1.807, 2.05) is 13.2 Å². The van der Waals surface area contributed by atoms with Crippen molar-refractivity contribution in [2.24, 2.45) is 7.05 Å². The Morgan fingerprint density at radius 1 is 1.50 bits per heavy atom. The molecule has 1 amide bonds. The van der Waals surface area contributed by atoms with Crippen LogP contribution in [0, 0.1) is 0 Å². The quantitative estimate of drug-likeness (QED) is 0.862. The first-order valence-corrected chi connectivity index (χ1v) is 5.52. The fourth-order valence-electron chi connectivity index (χ4n) is 1.67. The fraction of sp³-hybridized carbons (Fsp3) is 0.250. The van der Waals surface area contributed by atoms with Gasteiger partial charge in [-0.1, -0.05) is 6.07 Å². The number of nitrogen functional groups attached to an aromatic ring is 1. The molecule has 2 heterocycles. The maximum Gasteiger partial charge on any atom is 0.272 e. The number of hydrogen-bond acceptors (Lipinski definition) is 4. The van der Waals surface area contributed by atoms with E-state index in [1.54, 1.807) is 41.0 Å². The molecule has 2 aromatic heterocycles. The summed E-state index contributed by atoms with van der Waals surface area (Å²) in [6.07, 6.45) is 3.60. The molecule has 0 aliphatic carbocycles. The monoisotopic (exact) mass is 245 g/mol. The summed E-state index contributed by atoms with van der Waals surface area (Å²) in [6.45, 7) is 0.489. The lowest BCUT2D eigenvalue weighted by Crippen LogP contribution is -2.27. The number of hydrogen-bond donors (Lipinski definition) is 1. The van der Waals surface area contributed by atoms with Gasteiger partial charge in [-0.15, -0.1) is 0 Å². The number of aromatic nitrogens is 3. The van der Waals surface area contributed by atoms with E-state index in [9.17, 15) is 4.79 Å².